The first kappa shape index (κ1) is 18.0. The smallest absolute Gasteiger partial charge is 0.263 e. The molecule has 2 aromatic rings. The Kier molecular flexibility index (Phi) is 5.59. The Morgan fingerprint density at radius 1 is 1.29 bits per heavy atom. The molecular weight excluding hydrogens is 304 g/mol. The molecule has 0 saturated carbocycles. The zero-order valence-electron chi connectivity index (χ0n) is 15.1. The summed E-state index contributed by atoms with van der Waals surface area (Å²) in [6.45, 7) is 4.64. The largest absolute Gasteiger partial charge is 0.342 e. The summed E-state index contributed by atoms with van der Waals surface area (Å²) in [7, 11) is 5.41. The summed E-state index contributed by atoms with van der Waals surface area (Å²) in [4.78, 5) is 30.9. The third-order valence-corrected chi connectivity index (χ3v) is 4.33. The van der Waals surface area contributed by atoms with Crippen LogP contribution < -0.4 is 5.56 Å². The molecule has 0 unspecified atom stereocenters. The second-order valence-corrected chi connectivity index (χ2v) is 6.48. The third kappa shape index (κ3) is 3.75. The first-order chi connectivity index (χ1) is 11.3. The number of nitrogens with zero attached hydrogens (tertiary/aromatic N) is 4. The molecule has 0 aliphatic rings. The van der Waals surface area contributed by atoms with Gasteiger partial charge in [-0.2, -0.15) is 0 Å². The van der Waals surface area contributed by atoms with Gasteiger partial charge in [0, 0.05) is 52.2 Å². The van der Waals surface area contributed by atoms with Gasteiger partial charge in [-0.1, -0.05) is 13.8 Å². The standard InChI is InChI=1S/C18H26N4O2/c1-13(2)15-9-8-14(18(24)22(15)5)17(23)21(4)11-6-7-16-19-10-12-20(16)3/h8-10,12-13H,6-7,11H2,1-5H3. The molecule has 0 fully saturated rings. The number of pyridine rings is 1. The molecule has 1 amide bonds. The first-order valence-electron chi connectivity index (χ1n) is 8.24. The summed E-state index contributed by atoms with van der Waals surface area (Å²) in [6, 6.07) is 3.51. The maximum Gasteiger partial charge on any atom is 0.263 e. The number of aromatic nitrogens is 3. The van der Waals surface area contributed by atoms with Crippen LogP contribution in [0, 0.1) is 0 Å². The first-order valence-corrected chi connectivity index (χ1v) is 8.24. The van der Waals surface area contributed by atoms with Crippen LogP contribution in [-0.2, 0) is 20.5 Å². The summed E-state index contributed by atoms with van der Waals surface area (Å²) in [5.41, 5.74) is 0.914. The molecule has 2 heterocycles. The number of hydrogen-bond acceptors (Lipinski definition) is 3. The Labute approximate surface area is 142 Å². The highest BCUT2D eigenvalue weighted by atomic mass is 16.2. The number of imidazole rings is 1. The van der Waals surface area contributed by atoms with Crippen LogP contribution in [0.5, 0.6) is 0 Å². The molecule has 130 valence electrons. The van der Waals surface area contributed by atoms with Gasteiger partial charge in [-0.25, -0.2) is 4.98 Å². The topological polar surface area (TPSA) is 60.1 Å². The van der Waals surface area contributed by atoms with Gasteiger partial charge < -0.3 is 14.0 Å². The molecule has 2 aromatic heterocycles. The van der Waals surface area contributed by atoms with E-state index in [-0.39, 0.29) is 22.9 Å². The fourth-order valence-corrected chi connectivity index (χ4v) is 2.81. The van der Waals surface area contributed by atoms with Crippen LogP contribution in [-0.4, -0.2) is 38.5 Å². The van der Waals surface area contributed by atoms with E-state index in [0.717, 1.165) is 24.4 Å². The zero-order chi connectivity index (χ0) is 17.9. The number of carbonyl (C=O) groups excluding carboxylic acids is 1. The minimum absolute atomic E-state index is 0.224. The van der Waals surface area contributed by atoms with Gasteiger partial charge in [0.25, 0.3) is 11.5 Å². The summed E-state index contributed by atoms with van der Waals surface area (Å²) >= 11 is 0. The molecule has 0 N–H and O–H groups in total. The van der Waals surface area contributed by atoms with Crippen LogP contribution in [0.3, 0.4) is 0 Å². The lowest BCUT2D eigenvalue weighted by Gasteiger charge is -2.18. The van der Waals surface area contributed by atoms with Crippen LogP contribution in [0.25, 0.3) is 0 Å². The van der Waals surface area contributed by atoms with Crippen LogP contribution in [0.2, 0.25) is 0 Å². The monoisotopic (exact) mass is 330 g/mol. The number of amides is 1. The van der Waals surface area contributed by atoms with Crippen molar-refractivity contribution in [3.8, 4) is 0 Å². The molecule has 0 aromatic carbocycles. The highest BCUT2D eigenvalue weighted by Crippen LogP contribution is 2.12. The molecule has 0 aliphatic heterocycles. The minimum Gasteiger partial charge on any atom is -0.342 e. The molecule has 0 aliphatic carbocycles. The van der Waals surface area contributed by atoms with Gasteiger partial charge in [0.1, 0.15) is 11.4 Å². The van der Waals surface area contributed by atoms with E-state index in [1.807, 2.05) is 37.7 Å². The van der Waals surface area contributed by atoms with Gasteiger partial charge >= 0.3 is 0 Å². The zero-order valence-corrected chi connectivity index (χ0v) is 15.1. The average Bonchev–Trinajstić information content (AvgIpc) is 2.94. The van der Waals surface area contributed by atoms with E-state index < -0.39 is 0 Å². The number of rotatable bonds is 6. The SMILES string of the molecule is CC(C)c1ccc(C(=O)N(C)CCCc2nccn2C)c(=O)n1C. The van der Waals surface area contributed by atoms with E-state index >= 15 is 0 Å². The van der Waals surface area contributed by atoms with Gasteiger partial charge in [0.2, 0.25) is 0 Å². The van der Waals surface area contributed by atoms with Gasteiger partial charge in [0.15, 0.2) is 0 Å². The van der Waals surface area contributed by atoms with Gasteiger partial charge in [-0.05, 0) is 24.5 Å². The minimum atomic E-state index is -0.234. The maximum absolute atomic E-state index is 12.5. The highest BCUT2D eigenvalue weighted by molar-refractivity contribution is 5.93. The number of aryl methyl sites for hydroxylation is 2. The van der Waals surface area contributed by atoms with E-state index in [4.69, 9.17) is 0 Å². The molecule has 0 bridgehead atoms. The number of carbonyl (C=O) groups is 1. The number of hydrogen-bond donors (Lipinski definition) is 0. The molecule has 0 atom stereocenters. The Bertz CT molecular complexity index is 774. The van der Waals surface area contributed by atoms with Gasteiger partial charge in [0.05, 0.1) is 0 Å². The van der Waals surface area contributed by atoms with Crippen molar-refractivity contribution in [2.75, 3.05) is 13.6 Å². The fourth-order valence-electron chi connectivity index (χ4n) is 2.81. The van der Waals surface area contributed by atoms with Crippen molar-refractivity contribution in [3.63, 3.8) is 0 Å². The Morgan fingerprint density at radius 2 is 2.00 bits per heavy atom. The van der Waals surface area contributed by atoms with Crippen molar-refractivity contribution in [1.82, 2.24) is 19.0 Å². The van der Waals surface area contributed by atoms with Crippen molar-refractivity contribution in [2.45, 2.75) is 32.6 Å². The average molecular weight is 330 g/mol. The van der Waals surface area contributed by atoms with Gasteiger partial charge in [-0.3, -0.25) is 9.59 Å². The van der Waals surface area contributed by atoms with Crippen molar-refractivity contribution >= 4 is 5.91 Å². The summed E-state index contributed by atoms with van der Waals surface area (Å²) < 4.78 is 3.54. The summed E-state index contributed by atoms with van der Waals surface area (Å²) in [5.74, 6) is 1.00. The molecule has 6 heteroatoms. The molecule has 0 saturated heterocycles. The highest BCUT2D eigenvalue weighted by Gasteiger charge is 2.18. The third-order valence-electron chi connectivity index (χ3n) is 4.33. The fraction of sp³-hybridized carbons (Fsp3) is 0.500. The van der Waals surface area contributed by atoms with Gasteiger partial charge in [-0.15, -0.1) is 0 Å². The lowest BCUT2D eigenvalue weighted by molar-refractivity contribution is 0.0791. The van der Waals surface area contributed by atoms with Crippen molar-refractivity contribution in [2.24, 2.45) is 14.1 Å². The lowest BCUT2D eigenvalue weighted by Crippen LogP contribution is -2.35. The second kappa shape index (κ2) is 7.47. The van der Waals surface area contributed by atoms with E-state index in [2.05, 4.69) is 4.98 Å². The van der Waals surface area contributed by atoms with E-state index in [9.17, 15) is 9.59 Å². The molecule has 2 rings (SSSR count). The second-order valence-electron chi connectivity index (χ2n) is 6.48. The normalized spacial score (nSPS) is 11.1. The van der Waals surface area contributed by atoms with Crippen LogP contribution in [0.1, 0.15) is 48.1 Å². The molecule has 0 spiro atoms. The molecule has 6 nitrogen and oxygen atoms in total. The van der Waals surface area contributed by atoms with Crippen molar-refractivity contribution < 1.29 is 4.79 Å². The summed E-state index contributed by atoms with van der Waals surface area (Å²) in [5, 5.41) is 0. The molecular formula is C18H26N4O2. The molecule has 24 heavy (non-hydrogen) atoms. The van der Waals surface area contributed by atoms with Crippen molar-refractivity contribution in [1.29, 1.82) is 0 Å². The Hall–Kier alpha value is -2.37. The van der Waals surface area contributed by atoms with E-state index in [0.29, 0.717) is 6.54 Å². The van der Waals surface area contributed by atoms with Crippen LogP contribution in [0.4, 0.5) is 0 Å². The van der Waals surface area contributed by atoms with E-state index in [1.165, 1.54) is 0 Å². The van der Waals surface area contributed by atoms with Crippen LogP contribution >= 0.6 is 0 Å². The van der Waals surface area contributed by atoms with E-state index in [1.54, 1.807) is 35.8 Å². The van der Waals surface area contributed by atoms with Crippen LogP contribution in [0.15, 0.2) is 29.3 Å². The predicted molar refractivity (Wildman–Crippen MR) is 94.3 cm³/mol. The van der Waals surface area contributed by atoms with Crippen molar-refractivity contribution in [3.05, 3.63) is 52.0 Å². The Balaban J connectivity index is 2.04. The Morgan fingerprint density at radius 3 is 2.58 bits per heavy atom. The predicted octanol–water partition coefficient (Wildman–Crippen LogP) is 1.95. The maximum atomic E-state index is 12.5. The lowest BCUT2D eigenvalue weighted by atomic mass is 10.1. The quantitative estimate of drug-likeness (QED) is 0.813. The molecule has 0 radical (unpaired) electrons. The summed E-state index contributed by atoms with van der Waals surface area (Å²) in [6.07, 6.45) is 5.28.